The molecule has 0 saturated heterocycles. The third-order valence-corrected chi connectivity index (χ3v) is 2.67. The highest BCUT2D eigenvalue weighted by Gasteiger charge is 2.07. The van der Waals surface area contributed by atoms with Gasteiger partial charge in [0.05, 0.1) is 0 Å². The van der Waals surface area contributed by atoms with Crippen LogP contribution in [0.1, 0.15) is 36.2 Å². The van der Waals surface area contributed by atoms with Gasteiger partial charge in [-0.2, -0.15) is 0 Å². The van der Waals surface area contributed by atoms with E-state index in [1.54, 1.807) is 12.1 Å². The molecule has 1 amide bonds. The molecule has 0 aliphatic carbocycles. The largest absolute Gasteiger partial charge is 0.350 e. The number of rotatable bonds is 4. The summed E-state index contributed by atoms with van der Waals surface area (Å²) in [6.45, 7) is 4.03. The third-order valence-electron chi connectivity index (χ3n) is 2.36. The fourth-order valence-corrected chi connectivity index (χ4v) is 1.33. The lowest BCUT2D eigenvalue weighted by molar-refractivity contribution is 0.0939. The minimum Gasteiger partial charge on any atom is -0.350 e. The minimum absolute atomic E-state index is 0.0227. The van der Waals surface area contributed by atoms with Crippen molar-refractivity contribution >= 4 is 17.5 Å². The van der Waals surface area contributed by atoms with Gasteiger partial charge in [0.15, 0.2) is 0 Å². The molecule has 0 fully saturated rings. The highest BCUT2D eigenvalue weighted by atomic mass is 35.5. The van der Waals surface area contributed by atoms with Gasteiger partial charge in [-0.05, 0) is 31.0 Å². The second-order valence-electron chi connectivity index (χ2n) is 3.61. The molecule has 1 N–H and O–H groups in total. The minimum atomic E-state index is -0.0227. The molecule has 0 aliphatic rings. The van der Waals surface area contributed by atoms with Crippen LogP contribution in [0.5, 0.6) is 0 Å². The zero-order chi connectivity index (χ0) is 11.3. The van der Waals surface area contributed by atoms with Crippen molar-refractivity contribution in [2.75, 3.05) is 0 Å². The van der Waals surface area contributed by atoms with Crippen LogP contribution in [0.2, 0.25) is 0 Å². The number of halogens is 1. The maximum Gasteiger partial charge on any atom is 0.251 e. The fourth-order valence-electron chi connectivity index (χ4n) is 1.15. The van der Waals surface area contributed by atoms with Gasteiger partial charge in [-0.15, -0.1) is 11.6 Å². The van der Waals surface area contributed by atoms with Crippen LogP contribution in [0.3, 0.4) is 0 Å². The first-order valence-electron chi connectivity index (χ1n) is 5.13. The predicted octanol–water partition coefficient (Wildman–Crippen LogP) is 2.95. The number of nitrogens with one attached hydrogen (secondary N) is 1. The second kappa shape index (κ2) is 5.76. The summed E-state index contributed by atoms with van der Waals surface area (Å²) in [4.78, 5) is 11.7. The topological polar surface area (TPSA) is 29.1 Å². The summed E-state index contributed by atoms with van der Waals surface area (Å²) in [5.74, 6) is 0.457. The van der Waals surface area contributed by atoms with Gasteiger partial charge in [0, 0.05) is 17.5 Å². The van der Waals surface area contributed by atoms with Crippen molar-refractivity contribution in [3.63, 3.8) is 0 Å². The van der Waals surface area contributed by atoms with E-state index in [4.69, 9.17) is 11.6 Å². The van der Waals surface area contributed by atoms with E-state index in [1.165, 1.54) is 0 Å². The van der Waals surface area contributed by atoms with Gasteiger partial charge in [0.25, 0.3) is 5.91 Å². The molecule has 0 bridgehead atoms. The van der Waals surface area contributed by atoms with E-state index < -0.39 is 0 Å². The average Bonchev–Trinajstić information content (AvgIpc) is 2.29. The molecule has 0 radical (unpaired) electrons. The van der Waals surface area contributed by atoms with Crippen LogP contribution >= 0.6 is 11.6 Å². The van der Waals surface area contributed by atoms with Gasteiger partial charge >= 0.3 is 0 Å². The van der Waals surface area contributed by atoms with E-state index in [0.717, 1.165) is 12.0 Å². The van der Waals surface area contributed by atoms with Gasteiger partial charge in [-0.1, -0.05) is 19.1 Å². The normalized spacial score (nSPS) is 12.2. The monoisotopic (exact) mass is 225 g/mol. The molecule has 0 aromatic heterocycles. The Kier molecular flexibility index (Phi) is 4.63. The maximum atomic E-state index is 11.7. The summed E-state index contributed by atoms with van der Waals surface area (Å²) in [7, 11) is 0. The quantitative estimate of drug-likeness (QED) is 0.785. The van der Waals surface area contributed by atoms with Crippen molar-refractivity contribution in [1.82, 2.24) is 5.32 Å². The van der Waals surface area contributed by atoms with Crippen molar-refractivity contribution in [2.45, 2.75) is 32.2 Å². The van der Waals surface area contributed by atoms with E-state index in [1.807, 2.05) is 26.0 Å². The number of hydrogen-bond donors (Lipinski definition) is 1. The molecule has 2 nitrogen and oxygen atoms in total. The molecule has 0 spiro atoms. The summed E-state index contributed by atoms with van der Waals surface area (Å²) in [6.07, 6.45) is 0.936. The highest BCUT2D eigenvalue weighted by Crippen LogP contribution is 2.07. The molecule has 0 aliphatic heterocycles. The lowest BCUT2D eigenvalue weighted by atomic mass is 10.1. The Morgan fingerprint density at radius 1 is 1.40 bits per heavy atom. The summed E-state index contributed by atoms with van der Waals surface area (Å²) in [6, 6.07) is 7.56. The van der Waals surface area contributed by atoms with Crippen molar-refractivity contribution < 1.29 is 4.79 Å². The number of benzene rings is 1. The summed E-state index contributed by atoms with van der Waals surface area (Å²) < 4.78 is 0. The summed E-state index contributed by atoms with van der Waals surface area (Å²) in [5, 5.41) is 2.91. The first-order valence-corrected chi connectivity index (χ1v) is 5.66. The van der Waals surface area contributed by atoms with E-state index in [2.05, 4.69) is 5.32 Å². The van der Waals surface area contributed by atoms with Crippen LogP contribution in [0, 0.1) is 0 Å². The molecule has 15 heavy (non-hydrogen) atoms. The summed E-state index contributed by atoms with van der Waals surface area (Å²) >= 11 is 5.67. The first-order chi connectivity index (χ1) is 7.17. The molecule has 1 unspecified atom stereocenters. The Balaban J connectivity index is 2.66. The van der Waals surface area contributed by atoms with Gasteiger partial charge in [0.2, 0.25) is 0 Å². The molecular formula is C12H16ClNO. The molecule has 1 aromatic rings. The molecule has 0 heterocycles. The Hall–Kier alpha value is -1.02. The second-order valence-corrected chi connectivity index (χ2v) is 3.88. The van der Waals surface area contributed by atoms with E-state index in [-0.39, 0.29) is 11.9 Å². The van der Waals surface area contributed by atoms with Crippen LogP contribution in [0.25, 0.3) is 0 Å². The van der Waals surface area contributed by atoms with Crippen LogP contribution in [-0.2, 0) is 5.88 Å². The number of alkyl halides is 1. The van der Waals surface area contributed by atoms with Crippen molar-refractivity contribution in [2.24, 2.45) is 0 Å². The standard InChI is InChI=1S/C12H16ClNO/c1-3-9(2)14-12(15)11-6-4-10(8-13)5-7-11/h4-7,9H,3,8H2,1-2H3,(H,14,15). The average molecular weight is 226 g/mol. The predicted molar refractivity (Wildman–Crippen MR) is 63.2 cm³/mol. The van der Waals surface area contributed by atoms with Gasteiger partial charge in [-0.25, -0.2) is 0 Å². The number of carbonyl (C=O) groups excluding carboxylic acids is 1. The molecular weight excluding hydrogens is 210 g/mol. The Labute approximate surface area is 95.6 Å². The van der Waals surface area contributed by atoms with Gasteiger partial charge in [0.1, 0.15) is 0 Å². The zero-order valence-corrected chi connectivity index (χ0v) is 9.84. The molecule has 82 valence electrons. The fraction of sp³-hybridized carbons (Fsp3) is 0.417. The Bertz CT molecular complexity index is 321. The zero-order valence-electron chi connectivity index (χ0n) is 9.09. The SMILES string of the molecule is CCC(C)NC(=O)c1ccc(CCl)cc1. The Morgan fingerprint density at radius 3 is 2.47 bits per heavy atom. The lowest BCUT2D eigenvalue weighted by Crippen LogP contribution is -2.31. The highest BCUT2D eigenvalue weighted by molar-refractivity contribution is 6.17. The number of amides is 1. The van der Waals surface area contributed by atoms with Crippen molar-refractivity contribution in [1.29, 1.82) is 0 Å². The molecule has 1 rings (SSSR count). The van der Waals surface area contributed by atoms with E-state index in [9.17, 15) is 4.79 Å². The van der Waals surface area contributed by atoms with Crippen molar-refractivity contribution in [3.05, 3.63) is 35.4 Å². The summed E-state index contributed by atoms with van der Waals surface area (Å²) in [5.41, 5.74) is 1.71. The van der Waals surface area contributed by atoms with Crippen LogP contribution in [0.4, 0.5) is 0 Å². The van der Waals surface area contributed by atoms with E-state index in [0.29, 0.717) is 11.4 Å². The smallest absolute Gasteiger partial charge is 0.251 e. The lowest BCUT2D eigenvalue weighted by Gasteiger charge is -2.11. The number of hydrogen-bond acceptors (Lipinski definition) is 1. The molecule has 3 heteroatoms. The molecule has 1 aromatic carbocycles. The van der Waals surface area contributed by atoms with Gasteiger partial charge in [-0.3, -0.25) is 4.79 Å². The first kappa shape index (κ1) is 12.1. The van der Waals surface area contributed by atoms with E-state index >= 15 is 0 Å². The van der Waals surface area contributed by atoms with Crippen LogP contribution in [-0.4, -0.2) is 11.9 Å². The molecule has 0 saturated carbocycles. The Morgan fingerprint density at radius 2 is 2.00 bits per heavy atom. The van der Waals surface area contributed by atoms with Gasteiger partial charge < -0.3 is 5.32 Å². The third kappa shape index (κ3) is 3.56. The van der Waals surface area contributed by atoms with Crippen LogP contribution < -0.4 is 5.32 Å². The molecule has 1 atom stereocenters. The van der Waals surface area contributed by atoms with Crippen molar-refractivity contribution in [3.8, 4) is 0 Å². The number of carbonyl (C=O) groups is 1. The maximum absolute atomic E-state index is 11.7. The van der Waals surface area contributed by atoms with Crippen LogP contribution in [0.15, 0.2) is 24.3 Å².